The van der Waals surface area contributed by atoms with Gasteiger partial charge in [-0.3, -0.25) is 4.68 Å². The highest BCUT2D eigenvalue weighted by Gasteiger charge is 2.31. The molecule has 0 bridgehead atoms. The molecule has 0 aliphatic heterocycles. The fraction of sp³-hybridized carbons (Fsp3) is 0.562. The molecule has 3 heteroatoms. The molecule has 0 spiro atoms. The third-order valence-electron chi connectivity index (χ3n) is 4.78. The Morgan fingerprint density at radius 1 is 1.32 bits per heavy atom. The van der Waals surface area contributed by atoms with Crippen molar-refractivity contribution < 1.29 is 0 Å². The lowest BCUT2D eigenvalue weighted by Crippen LogP contribution is -2.25. The minimum atomic E-state index is 0.379. The van der Waals surface area contributed by atoms with E-state index in [1.807, 2.05) is 0 Å². The Labute approximate surface area is 114 Å². The minimum Gasteiger partial charge on any atom is -0.327 e. The minimum absolute atomic E-state index is 0.379. The first kappa shape index (κ1) is 12.7. The summed E-state index contributed by atoms with van der Waals surface area (Å²) in [5.41, 5.74) is 8.65. The van der Waals surface area contributed by atoms with Crippen LogP contribution in [0.25, 0.3) is 10.9 Å². The SMILES string of the molecule is CCn1nc(CC2CCC(N)C2C)c2ccccc21. The standard InChI is InChI=1S/C16H23N3/c1-3-19-16-7-5-4-6-13(16)15(18-19)10-12-8-9-14(17)11(12)2/h4-7,11-12,14H,3,8-10,17H2,1-2H3. The second-order valence-corrected chi connectivity index (χ2v) is 5.84. The molecular formula is C16H23N3. The molecule has 0 amide bonds. The van der Waals surface area contributed by atoms with Gasteiger partial charge in [-0.15, -0.1) is 0 Å². The van der Waals surface area contributed by atoms with Crippen molar-refractivity contribution in [1.82, 2.24) is 9.78 Å². The summed E-state index contributed by atoms with van der Waals surface area (Å²) in [6.45, 7) is 5.37. The number of aromatic nitrogens is 2. The number of rotatable bonds is 3. The highest BCUT2D eigenvalue weighted by atomic mass is 15.3. The second-order valence-electron chi connectivity index (χ2n) is 5.84. The van der Waals surface area contributed by atoms with Gasteiger partial charge in [0.2, 0.25) is 0 Å². The molecule has 3 unspecified atom stereocenters. The van der Waals surface area contributed by atoms with Crippen LogP contribution in [-0.4, -0.2) is 15.8 Å². The molecule has 0 saturated heterocycles. The summed E-state index contributed by atoms with van der Waals surface area (Å²) in [5, 5.41) is 6.12. The number of aryl methyl sites for hydroxylation is 1. The van der Waals surface area contributed by atoms with Crippen LogP contribution in [0.1, 0.15) is 32.4 Å². The van der Waals surface area contributed by atoms with Crippen LogP contribution in [-0.2, 0) is 13.0 Å². The van der Waals surface area contributed by atoms with Crippen LogP contribution in [0.5, 0.6) is 0 Å². The molecule has 1 aliphatic carbocycles. The van der Waals surface area contributed by atoms with Gasteiger partial charge in [-0.05, 0) is 44.1 Å². The maximum Gasteiger partial charge on any atom is 0.0706 e. The van der Waals surface area contributed by atoms with Crippen LogP contribution in [0, 0.1) is 11.8 Å². The van der Waals surface area contributed by atoms with Crippen molar-refractivity contribution in [3.63, 3.8) is 0 Å². The van der Waals surface area contributed by atoms with Crippen LogP contribution in [0.2, 0.25) is 0 Å². The number of benzene rings is 1. The van der Waals surface area contributed by atoms with Crippen molar-refractivity contribution in [2.75, 3.05) is 0 Å². The van der Waals surface area contributed by atoms with Gasteiger partial charge in [0, 0.05) is 18.0 Å². The first-order valence-corrected chi connectivity index (χ1v) is 7.40. The molecule has 1 heterocycles. The molecule has 102 valence electrons. The van der Waals surface area contributed by atoms with E-state index in [0.29, 0.717) is 17.9 Å². The molecule has 1 fully saturated rings. The lowest BCUT2D eigenvalue weighted by molar-refractivity contribution is 0.387. The van der Waals surface area contributed by atoms with E-state index < -0.39 is 0 Å². The Kier molecular flexibility index (Phi) is 3.31. The summed E-state index contributed by atoms with van der Waals surface area (Å²) >= 11 is 0. The first-order chi connectivity index (χ1) is 9.20. The van der Waals surface area contributed by atoms with Crippen LogP contribution < -0.4 is 5.73 Å². The van der Waals surface area contributed by atoms with Crippen LogP contribution in [0.4, 0.5) is 0 Å². The maximum atomic E-state index is 6.14. The number of fused-ring (bicyclic) bond motifs is 1. The lowest BCUT2D eigenvalue weighted by Gasteiger charge is -2.16. The second kappa shape index (κ2) is 4.97. The van der Waals surface area contributed by atoms with Crippen molar-refractivity contribution in [1.29, 1.82) is 0 Å². The molecule has 1 aromatic carbocycles. The molecular weight excluding hydrogens is 234 g/mol. The van der Waals surface area contributed by atoms with Crippen LogP contribution in [0.15, 0.2) is 24.3 Å². The zero-order chi connectivity index (χ0) is 13.4. The summed E-state index contributed by atoms with van der Waals surface area (Å²) in [6.07, 6.45) is 3.48. The number of para-hydroxylation sites is 1. The maximum absolute atomic E-state index is 6.14. The van der Waals surface area contributed by atoms with Gasteiger partial charge in [0.25, 0.3) is 0 Å². The van der Waals surface area contributed by atoms with Gasteiger partial charge in [-0.25, -0.2) is 0 Å². The van der Waals surface area contributed by atoms with E-state index in [1.54, 1.807) is 0 Å². The number of nitrogens with two attached hydrogens (primary N) is 1. The largest absolute Gasteiger partial charge is 0.327 e. The summed E-state index contributed by atoms with van der Waals surface area (Å²) in [5.74, 6) is 1.31. The molecule has 3 atom stereocenters. The predicted octanol–water partition coefficient (Wildman–Crippen LogP) is 2.97. The van der Waals surface area contributed by atoms with E-state index in [2.05, 4.69) is 42.8 Å². The number of hydrogen-bond acceptors (Lipinski definition) is 2. The van der Waals surface area contributed by atoms with Gasteiger partial charge in [-0.2, -0.15) is 5.10 Å². The average Bonchev–Trinajstić information content (AvgIpc) is 2.95. The Morgan fingerprint density at radius 3 is 2.79 bits per heavy atom. The summed E-state index contributed by atoms with van der Waals surface area (Å²) in [4.78, 5) is 0. The molecule has 2 N–H and O–H groups in total. The fourth-order valence-corrected chi connectivity index (χ4v) is 3.41. The van der Waals surface area contributed by atoms with Crippen molar-refractivity contribution >= 4 is 10.9 Å². The number of nitrogens with zero attached hydrogens (tertiary/aromatic N) is 2. The Morgan fingerprint density at radius 2 is 2.11 bits per heavy atom. The molecule has 1 aromatic heterocycles. The zero-order valence-electron chi connectivity index (χ0n) is 11.8. The highest BCUT2D eigenvalue weighted by molar-refractivity contribution is 5.81. The van der Waals surface area contributed by atoms with Crippen molar-refractivity contribution in [3.05, 3.63) is 30.0 Å². The normalized spacial score (nSPS) is 27.2. The molecule has 2 aromatic rings. The van der Waals surface area contributed by atoms with E-state index in [1.165, 1.54) is 23.0 Å². The first-order valence-electron chi connectivity index (χ1n) is 7.40. The van der Waals surface area contributed by atoms with Crippen molar-refractivity contribution in [2.45, 2.75) is 45.7 Å². The Balaban J connectivity index is 1.93. The Bertz CT molecular complexity index is 572. The van der Waals surface area contributed by atoms with Gasteiger partial charge < -0.3 is 5.73 Å². The predicted molar refractivity (Wildman–Crippen MR) is 79.0 cm³/mol. The van der Waals surface area contributed by atoms with E-state index in [-0.39, 0.29) is 0 Å². The van der Waals surface area contributed by atoms with Gasteiger partial charge in [-0.1, -0.05) is 25.1 Å². The third kappa shape index (κ3) is 2.16. The summed E-state index contributed by atoms with van der Waals surface area (Å²) in [6, 6.07) is 8.94. The molecule has 0 radical (unpaired) electrons. The summed E-state index contributed by atoms with van der Waals surface area (Å²) in [7, 11) is 0. The van der Waals surface area contributed by atoms with Crippen molar-refractivity contribution in [2.24, 2.45) is 17.6 Å². The van der Waals surface area contributed by atoms with Gasteiger partial charge >= 0.3 is 0 Å². The lowest BCUT2D eigenvalue weighted by atomic mass is 9.91. The molecule has 3 nitrogen and oxygen atoms in total. The summed E-state index contributed by atoms with van der Waals surface area (Å²) < 4.78 is 2.12. The van der Waals surface area contributed by atoms with Crippen molar-refractivity contribution in [3.8, 4) is 0 Å². The molecule has 1 saturated carbocycles. The van der Waals surface area contributed by atoms with Gasteiger partial charge in [0.15, 0.2) is 0 Å². The smallest absolute Gasteiger partial charge is 0.0706 e. The topological polar surface area (TPSA) is 43.8 Å². The zero-order valence-corrected chi connectivity index (χ0v) is 11.8. The quantitative estimate of drug-likeness (QED) is 0.918. The van der Waals surface area contributed by atoms with Gasteiger partial charge in [0.1, 0.15) is 0 Å². The van der Waals surface area contributed by atoms with Crippen LogP contribution in [0.3, 0.4) is 0 Å². The van der Waals surface area contributed by atoms with E-state index >= 15 is 0 Å². The molecule has 1 aliphatic rings. The van der Waals surface area contributed by atoms with Gasteiger partial charge in [0.05, 0.1) is 11.2 Å². The highest BCUT2D eigenvalue weighted by Crippen LogP contribution is 2.34. The molecule has 3 rings (SSSR count). The van der Waals surface area contributed by atoms with E-state index in [9.17, 15) is 0 Å². The average molecular weight is 257 g/mol. The van der Waals surface area contributed by atoms with E-state index in [4.69, 9.17) is 10.8 Å². The van der Waals surface area contributed by atoms with Crippen LogP contribution >= 0.6 is 0 Å². The Hall–Kier alpha value is -1.35. The number of hydrogen-bond donors (Lipinski definition) is 1. The fourth-order valence-electron chi connectivity index (χ4n) is 3.41. The monoisotopic (exact) mass is 257 g/mol. The van der Waals surface area contributed by atoms with E-state index in [0.717, 1.165) is 19.4 Å². The molecule has 19 heavy (non-hydrogen) atoms. The third-order valence-corrected chi connectivity index (χ3v) is 4.78.